The number of H-pyrrole nitrogens is 1. The minimum absolute atomic E-state index is 0.118. The van der Waals surface area contributed by atoms with Crippen LogP contribution in [0.15, 0.2) is 0 Å². The average Bonchev–Trinajstić information content (AvgIpc) is 2.56. The minimum Gasteiger partial charge on any atom is -0.352 e. The molecule has 0 aliphatic carbocycles. The van der Waals surface area contributed by atoms with Crippen molar-refractivity contribution in [1.82, 2.24) is 31.4 Å². The summed E-state index contributed by atoms with van der Waals surface area (Å²) in [5.41, 5.74) is 2.29. The fourth-order valence-corrected chi connectivity index (χ4v) is 0.833. The van der Waals surface area contributed by atoms with E-state index >= 15 is 0 Å². The van der Waals surface area contributed by atoms with Crippen molar-refractivity contribution in [2.45, 2.75) is 13.0 Å². The molecule has 1 heterocycles. The van der Waals surface area contributed by atoms with Crippen LogP contribution in [0.4, 0.5) is 0 Å². The second-order valence-electron chi connectivity index (χ2n) is 2.11. The van der Waals surface area contributed by atoms with E-state index in [4.69, 9.17) is 18.1 Å². The molecule has 1 rings (SSSR count). The highest BCUT2D eigenvalue weighted by molar-refractivity contribution is 7.80. The Morgan fingerprint density at radius 2 is 2.50 bits per heavy atom. The van der Waals surface area contributed by atoms with E-state index in [-0.39, 0.29) is 6.04 Å². The average molecular weight is 187 g/mol. The number of nitrogens with one attached hydrogen (secondary N) is 3. The van der Waals surface area contributed by atoms with Gasteiger partial charge in [-0.1, -0.05) is 5.21 Å². The Morgan fingerprint density at radius 3 is 3.00 bits per heavy atom. The minimum atomic E-state index is -0.118. The first-order valence-corrected chi connectivity index (χ1v) is 3.65. The molecular formula is C4H9N7S. The van der Waals surface area contributed by atoms with E-state index in [9.17, 15) is 0 Å². The molecule has 1 unspecified atom stereocenters. The third-order valence-corrected chi connectivity index (χ3v) is 1.46. The molecule has 0 saturated heterocycles. The predicted octanol–water partition coefficient (Wildman–Crippen LogP) is -1.40. The maximum absolute atomic E-state index is 5.06. The molecule has 1 aromatic heterocycles. The van der Waals surface area contributed by atoms with Crippen LogP contribution >= 0.6 is 12.2 Å². The second kappa shape index (κ2) is 3.93. The summed E-state index contributed by atoms with van der Waals surface area (Å²) >= 11 is 4.77. The van der Waals surface area contributed by atoms with Gasteiger partial charge in [-0.3, -0.25) is 0 Å². The lowest BCUT2D eigenvalue weighted by atomic mass is 10.3. The fourth-order valence-electron chi connectivity index (χ4n) is 0.656. The molecule has 0 aromatic carbocycles. The van der Waals surface area contributed by atoms with Gasteiger partial charge in [0.2, 0.25) is 0 Å². The van der Waals surface area contributed by atoms with Gasteiger partial charge in [-0.15, -0.1) is 10.2 Å². The number of aromatic amines is 1. The molecule has 1 aromatic rings. The number of hydrazine groups is 1. The van der Waals surface area contributed by atoms with E-state index in [2.05, 4.69) is 31.4 Å². The normalized spacial score (nSPS) is 12.2. The topological polar surface area (TPSA) is 105 Å². The van der Waals surface area contributed by atoms with Gasteiger partial charge in [0.1, 0.15) is 0 Å². The third kappa shape index (κ3) is 2.10. The standard InChI is InChI=1S/C4H9N7S/c1-2(6-4(12)7-5)3-8-10-11-9-3/h2H,5H2,1H3,(H2,6,7,12)(H,8,9,10,11). The van der Waals surface area contributed by atoms with Crippen molar-refractivity contribution >= 4 is 17.3 Å². The zero-order valence-electron chi connectivity index (χ0n) is 6.40. The maximum Gasteiger partial charge on any atom is 0.196 e. The molecule has 0 bridgehead atoms. The van der Waals surface area contributed by atoms with Crippen LogP contribution in [0.3, 0.4) is 0 Å². The highest BCUT2D eigenvalue weighted by Crippen LogP contribution is 2.01. The molecule has 0 radical (unpaired) electrons. The van der Waals surface area contributed by atoms with Gasteiger partial charge >= 0.3 is 0 Å². The van der Waals surface area contributed by atoms with Crippen LogP contribution in [-0.2, 0) is 0 Å². The van der Waals surface area contributed by atoms with Crippen molar-refractivity contribution in [3.05, 3.63) is 5.82 Å². The Balaban J connectivity index is 2.49. The zero-order valence-corrected chi connectivity index (χ0v) is 7.22. The van der Waals surface area contributed by atoms with Crippen LogP contribution in [-0.4, -0.2) is 25.7 Å². The van der Waals surface area contributed by atoms with Crippen LogP contribution in [0.25, 0.3) is 0 Å². The van der Waals surface area contributed by atoms with E-state index in [0.29, 0.717) is 10.9 Å². The number of rotatable bonds is 2. The van der Waals surface area contributed by atoms with Gasteiger partial charge in [-0.05, 0) is 19.1 Å². The Hall–Kier alpha value is -1.28. The summed E-state index contributed by atoms with van der Waals surface area (Å²) in [6.45, 7) is 1.84. The summed E-state index contributed by atoms with van der Waals surface area (Å²) in [4.78, 5) is 0. The summed E-state index contributed by atoms with van der Waals surface area (Å²) in [5, 5.41) is 16.5. The molecule has 0 spiro atoms. The molecule has 0 fully saturated rings. The summed E-state index contributed by atoms with van der Waals surface area (Å²) < 4.78 is 0. The first kappa shape index (κ1) is 8.81. The largest absolute Gasteiger partial charge is 0.352 e. The van der Waals surface area contributed by atoms with Crippen LogP contribution in [0, 0.1) is 0 Å². The van der Waals surface area contributed by atoms with E-state index in [1.165, 1.54) is 0 Å². The van der Waals surface area contributed by atoms with Crippen molar-refractivity contribution in [3.8, 4) is 0 Å². The highest BCUT2D eigenvalue weighted by atomic mass is 32.1. The second-order valence-corrected chi connectivity index (χ2v) is 2.52. The van der Waals surface area contributed by atoms with E-state index in [1.807, 2.05) is 6.92 Å². The molecule has 66 valence electrons. The number of thiocarbonyl (C=S) groups is 1. The number of aromatic nitrogens is 4. The van der Waals surface area contributed by atoms with Crippen LogP contribution in [0.2, 0.25) is 0 Å². The molecule has 12 heavy (non-hydrogen) atoms. The number of hydrogen-bond donors (Lipinski definition) is 4. The summed E-state index contributed by atoms with van der Waals surface area (Å²) in [6.07, 6.45) is 0. The van der Waals surface area contributed by atoms with Gasteiger partial charge in [0.15, 0.2) is 10.9 Å². The maximum atomic E-state index is 5.06. The number of nitrogens with zero attached hydrogens (tertiary/aromatic N) is 3. The third-order valence-electron chi connectivity index (χ3n) is 1.23. The smallest absolute Gasteiger partial charge is 0.196 e. The lowest BCUT2D eigenvalue weighted by Crippen LogP contribution is -2.41. The van der Waals surface area contributed by atoms with Gasteiger partial charge < -0.3 is 10.7 Å². The number of tetrazole rings is 1. The summed E-state index contributed by atoms with van der Waals surface area (Å²) in [7, 11) is 0. The van der Waals surface area contributed by atoms with Crippen LogP contribution < -0.4 is 16.6 Å². The van der Waals surface area contributed by atoms with E-state index < -0.39 is 0 Å². The predicted molar refractivity (Wildman–Crippen MR) is 45.6 cm³/mol. The highest BCUT2D eigenvalue weighted by Gasteiger charge is 2.09. The fraction of sp³-hybridized carbons (Fsp3) is 0.500. The van der Waals surface area contributed by atoms with Crippen molar-refractivity contribution in [1.29, 1.82) is 0 Å². The van der Waals surface area contributed by atoms with Gasteiger partial charge in [0.25, 0.3) is 0 Å². The molecule has 7 nitrogen and oxygen atoms in total. The Kier molecular flexibility index (Phi) is 2.88. The first-order chi connectivity index (χ1) is 5.74. The lowest BCUT2D eigenvalue weighted by Gasteiger charge is -2.10. The molecule has 0 amide bonds. The van der Waals surface area contributed by atoms with Gasteiger partial charge in [-0.25, -0.2) is 5.84 Å². The lowest BCUT2D eigenvalue weighted by molar-refractivity contribution is 0.655. The molecule has 1 atom stereocenters. The molecule has 5 N–H and O–H groups in total. The number of nitrogens with two attached hydrogens (primary N) is 1. The molecule has 0 aliphatic heterocycles. The Bertz CT molecular complexity index is 244. The van der Waals surface area contributed by atoms with Crippen molar-refractivity contribution in [2.24, 2.45) is 5.84 Å². The number of hydrogen-bond acceptors (Lipinski definition) is 5. The molecule has 0 aliphatic rings. The first-order valence-electron chi connectivity index (χ1n) is 3.24. The molecule has 0 saturated carbocycles. The van der Waals surface area contributed by atoms with E-state index in [1.54, 1.807) is 0 Å². The van der Waals surface area contributed by atoms with Crippen molar-refractivity contribution < 1.29 is 0 Å². The monoisotopic (exact) mass is 187 g/mol. The van der Waals surface area contributed by atoms with Crippen molar-refractivity contribution in [2.75, 3.05) is 0 Å². The molecule has 8 heteroatoms. The summed E-state index contributed by atoms with van der Waals surface area (Å²) in [6, 6.07) is -0.118. The van der Waals surface area contributed by atoms with Crippen LogP contribution in [0.1, 0.15) is 18.8 Å². The van der Waals surface area contributed by atoms with Crippen LogP contribution in [0.5, 0.6) is 0 Å². The quantitative estimate of drug-likeness (QED) is 0.256. The van der Waals surface area contributed by atoms with Gasteiger partial charge in [0, 0.05) is 0 Å². The van der Waals surface area contributed by atoms with E-state index in [0.717, 1.165) is 0 Å². The van der Waals surface area contributed by atoms with Gasteiger partial charge in [-0.2, -0.15) is 5.21 Å². The van der Waals surface area contributed by atoms with Crippen molar-refractivity contribution in [3.63, 3.8) is 0 Å². The summed E-state index contributed by atoms with van der Waals surface area (Å²) in [5.74, 6) is 5.59. The molecular weight excluding hydrogens is 178 g/mol. The zero-order chi connectivity index (χ0) is 8.97. The Labute approximate surface area is 74.1 Å². The Morgan fingerprint density at radius 1 is 1.75 bits per heavy atom. The SMILES string of the molecule is CC(NC(=S)NN)c1nn[nH]n1. The van der Waals surface area contributed by atoms with Gasteiger partial charge in [0.05, 0.1) is 6.04 Å².